The van der Waals surface area contributed by atoms with Gasteiger partial charge in [0.1, 0.15) is 5.75 Å². The number of nitrogens with one attached hydrogen (secondary N) is 1. The van der Waals surface area contributed by atoms with Gasteiger partial charge in [-0.25, -0.2) is 0 Å². The maximum absolute atomic E-state index is 14.6. The Morgan fingerprint density at radius 2 is 1.68 bits per heavy atom. The number of hydrogen-bond acceptors (Lipinski definition) is 8. The van der Waals surface area contributed by atoms with Crippen LogP contribution < -0.4 is 19.9 Å². The highest BCUT2D eigenvalue weighted by Crippen LogP contribution is 2.48. The van der Waals surface area contributed by atoms with Gasteiger partial charge in [-0.05, 0) is 97.8 Å². The molecule has 57 heavy (non-hydrogen) atoms. The van der Waals surface area contributed by atoms with E-state index >= 15 is 0 Å². The van der Waals surface area contributed by atoms with Crippen molar-refractivity contribution in [3.8, 4) is 5.75 Å². The average Bonchev–Trinajstić information content (AvgIpc) is 3.44. The molecule has 0 aliphatic carbocycles. The highest BCUT2D eigenvalue weighted by molar-refractivity contribution is 6.10. The van der Waals surface area contributed by atoms with Crippen molar-refractivity contribution in [1.82, 2.24) is 10.2 Å². The zero-order valence-electron chi connectivity index (χ0n) is 32.6. The number of fused-ring (bicyclic) bond motifs is 3. The maximum atomic E-state index is 14.6. The molecule has 7 rings (SSSR count). The van der Waals surface area contributed by atoms with Crippen molar-refractivity contribution in [2.24, 2.45) is 5.92 Å². The highest BCUT2D eigenvalue weighted by Gasteiger charge is 2.53. The van der Waals surface area contributed by atoms with E-state index in [1.807, 2.05) is 85.8 Å². The topological polar surface area (TPSA) is 143 Å². The number of benzene rings is 4. The fourth-order valence-corrected chi connectivity index (χ4v) is 8.39. The van der Waals surface area contributed by atoms with E-state index in [2.05, 4.69) is 5.32 Å². The molecule has 1 unspecified atom stereocenters. The number of nitrogens with zero attached hydrogens (tertiary/aromatic N) is 3. The van der Waals surface area contributed by atoms with Crippen LogP contribution in [0.5, 0.6) is 5.75 Å². The average molecular weight is 773 g/mol. The number of anilines is 3. The van der Waals surface area contributed by atoms with E-state index in [0.29, 0.717) is 73.8 Å². The van der Waals surface area contributed by atoms with Crippen LogP contribution in [0.3, 0.4) is 0 Å². The van der Waals surface area contributed by atoms with Crippen LogP contribution in [-0.2, 0) is 45.9 Å². The maximum Gasteiger partial charge on any atom is 0.264 e. The van der Waals surface area contributed by atoms with Crippen LogP contribution in [0.2, 0.25) is 0 Å². The molecule has 0 saturated heterocycles. The Morgan fingerprint density at radius 3 is 2.44 bits per heavy atom. The molecule has 0 aromatic heterocycles. The molecule has 4 atom stereocenters. The van der Waals surface area contributed by atoms with Crippen molar-refractivity contribution in [2.45, 2.75) is 76.7 Å². The molecule has 11 heteroatoms. The number of carbonyl (C=O) groups excluding carboxylic acids is 3. The summed E-state index contributed by atoms with van der Waals surface area (Å²) < 4.78 is 5.81. The summed E-state index contributed by atoms with van der Waals surface area (Å²) in [6.45, 7) is 5.29. The van der Waals surface area contributed by atoms with Gasteiger partial charge in [-0.3, -0.25) is 19.3 Å². The Bertz CT molecular complexity index is 2120. The molecule has 4 N–H and O–H groups in total. The van der Waals surface area contributed by atoms with E-state index in [1.54, 1.807) is 45.9 Å². The van der Waals surface area contributed by atoms with E-state index in [0.717, 1.165) is 22.3 Å². The summed E-state index contributed by atoms with van der Waals surface area (Å²) in [5, 5.41) is 35.6. The summed E-state index contributed by atoms with van der Waals surface area (Å²) in [6, 6.07) is 27.7. The van der Waals surface area contributed by atoms with Gasteiger partial charge in [-0.1, -0.05) is 73.7 Å². The van der Waals surface area contributed by atoms with Crippen LogP contribution in [0.25, 0.3) is 0 Å². The van der Waals surface area contributed by atoms with E-state index in [4.69, 9.17) is 4.74 Å². The summed E-state index contributed by atoms with van der Waals surface area (Å²) in [7, 11) is 0. The van der Waals surface area contributed by atoms with Gasteiger partial charge in [0.25, 0.3) is 5.91 Å². The van der Waals surface area contributed by atoms with Gasteiger partial charge in [-0.15, -0.1) is 0 Å². The van der Waals surface area contributed by atoms with Crippen molar-refractivity contribution >= 4 is 34.8 Å². The Labute approximate surface area is 334 Å². The van der Waals surface area contributed by atoms with Crippen molar-refractivity contribution in [3.63, 3.8) is 0 Å². The van der Waals surface area contributed by atoms with Crippen molar-refractivity contribution < 1.29 is 34.4 Å². The molecule has 0 bridgehead atoms. The molecular weight excluding hydrogens is 721 g/mol. The lowest BCUT2D eigenvalue weighted by atomic mass is 9.82. The quantitative estimate of drug-likeness (QED) is 0.0943. The number of rotatable bonds is 15. The Hall–Kier alpha value is -5.33. The minimum Gasteiger partial charge on any atom is -0.494 e. The first kappa shape index (κ1) is 39.9. The van der Waals surface area contributed by atoms with E-state index in [-0.39, 0.29) is 44.0 Å². The van der Waals surface area contributed by atoms with Gasteiger partial charge < -0.3 is 35.2 Å². The number of aliphatic hydroxyl groups excluding tert-OH is 2. The number of ether oxygens (including phenoxy) is 1. The second kappa shape index (κ2) is 17.4. The third-order valence-corrected chi connectivity index (χ3v) is 11.5. The lowest BCUT2D eigenvalue weighted by Gasteiger charge is -2.36. The van der Waals surface area contributed by atoms with Crippen LogP contribution in [0.15, 0.2) is 103 Å². The third-order valence-electron chi connectivity index (χ3n) is 11.5. The van der Waals surface area contributed by atoms with Crippen LogP contribution in [-0.4, -0.2) is 76.4 Å². The minimum atomic E-state index is -2.01. The van der Waals surface area contributed by atoms with Crippen molar-refractivity contribution in [2.75, 3.05) is 36.2 Å². The van der Waals surface area contributed by atoms with Crippen LogP contribution in [0, 0.1) is 5.92 Å². The lowest BCUT2D eigenvalue weighted by molar-refractivity contribution is -0.139. The molecule has 4 aromatic carbocycles. The van der Waals surface area contributed by atoms with Gasteiger partial charge in [0.15, 0.2) is 5.60 Å². The molecule has 4 aromatic rings. The van der Waals surface area contributed by atoms with E-state index in [9.17, 15) is 29.7 Å². The standard InChI is InChI=1S/C46H52N4O7/c1-3-57-38-19-21-41-35(25-38)26-40(47-22-9-10-23-51)44(54)50(41)36-18-20-42-39(27-36)46(56,45(55)49(42)28-32-13-5-4-6-14-32)31(2)12-11-17-43(53)48-29-34-16-8-7-15-33(34)24-37(48)30-52/h4-8,11-16,18-21,25,27,31,37,40,47,51-52,56H,3,9-10,17,22-24,26,28-30H2,1-2H3/b12-11+/t31-,37+,40?,46+/m1/s1. The van der Waals surface area contributed by atoms with Crippen molar-refractivity contribution in [3.05, 3.63) is 131 Å². The normalized spacial score (nSPS) is 20.8. The van der Waals surface area contributed by atoms with Gasteiger partial charge in [0.2, 0.25) is 11.8 Å². The molecular formula is C46H52N4O7. The first-order chi connectivity index (χ1) is 27.7. The summed E-state index contributed by atoms with van der Waals surface area (Å²) >= 11 is 0. The summed E-state index contributed by atoms with van der Waals surface area (Å²) in [4.78, 5) is 47.4. The monoisotopic (exact) mass is 772 g/mol. The van der Waals surface area contributed by atoms with Crippen LogP contribution >= 0.6 is 0 Å². The predicted octanol–water partition coefficient (Wildman–Crippen LogP) is 5.30. The molecule has 3 amide bonds. The Balaban J connectivity index is 1.21. The predicted molar refractivity (Wildman–Crippen MR) is 219 cm³/mol. The third kappa shape index (κ3) is 7.98. The molecule has 0 spiro atoms. The Morgan fingerprint density at radius 1 is 0.930 bits per heavy atom. The van der Waals surface area contributed by atoms with Crippen LogP contribution in [0.4, 0.5) is 17.1 Å². The van der Waals surface area contributed by atoms with Gasteiger partial charge >= 0.3 is 0 Å². The summed E-state index contributed by atoms with van der Waals surface area (Å²) in [5.74, 6) is -0.879. The first-order valence-corrected chi connectivity index (χ1v) is 20.0. The van der Waals surface area contributed by atoms with Gasteiger partial charge in [0.05, 0.1) is 43.2 Å². The van der Waals surface area contributed by atoms with E-state index in [1.165, 1.54) is 0 Å². The second-order valence-corrected chi connectivity index (χ2v) is 15.1. The molecule has 0 saturated carbocycles. The van der Waals surface area contributed by atoms with Gasteiger partial charge in [0, 0.05) is 36.7 Å². The van der Waals surface area contributed by atoms with Crippen molar-refractivity contribution in [1.29, 1.82) is 0 Å². The fourth-order valence-electron chi connectivity index (χ4n) is 8.39. The smallest absolute Gasteiger partial charge is 0.264 e. The molecule has 11 nitrogen and oxygen atoms in total. The number of carbonyl (C=O) groups is 3. The molecule has 0 fully saturated rings. The van der Waals surface area contributed by atoms with E-state index < -0.39 is 23.5 Å². The number of unbranched alkanes of at least 4 members (excludes halogenated alkanes) is 1. The lowest BCUT2D eigenvalue weighted by Crippen LogP contribution is -2.49. The molecule has 0 radical (unpaired) electrons. The second-order valence-electron chi connectivity index (χ2n) is 15.1. The zero-order valence-corrected chi connectivity index (χ0v) is 32.6. The number of amides is 3. The summed E-state index contributed by atoms with van der Waals surface area (Å²) in [5.41, 5.74) is 4.08. The minimum absolute atomic E-state index is 0.0311. The molecule has 298 valence electrons. The SMILES string of the molecule is CCOc1ccc2c(c1)CC(NCCCCO)C(=O)N2c1ccc2c(c1)[C@@](O)([C@H](C)/C=C/CC(=O)N1Cc3ccccc3C[C@H]1CO)C(=O)N2Cc1ccccc1. The Kier molecular flexibility index (Phi) is 12.2. The molecule has 3 aliphatic rings. The molecule has 3 aliphatic heterocycles. The largest absolute Gasteiger partial charge is 0.494 e. The zero-order chi connectivity index (χ0) is 40.1. The van der Waals surface area contributed by atoms with Crippen LogP contribution in [0.1, 0.15) is 60.9 Å². The number of hydrogen-bond donors (Lipinski definition) is 4. The summed E-state index contributed by atoms with van der Waals surface area (Å²) in [6.07, 6.45) is 5.80. The van der Waals surface area contributed by atoms with Gasteiger partial charge in [-0.2, -0.15) is 0 Å². The number of aliphatic hydroxyl groups is 3. The first-order valence-electron chi connectivity index (χ1n) is 20.0. The fraction of sp³-hybridized carbons (Fsp3) is 0.370. The molecule has 3 heterocycles. The highest BCUT2D eigenvalue weighted by atomic mass is 16.5.